The number of anilines is 2. The maximum atomic E-state index is 12.7. The monoisotopic (exact) mass is 656 g/mol. The first kappa shape index (κ1) is 32.2. The topological polar surface area (TPSA) is 86.0 Å². The second-order valence-corrected chi connectivity index (χ2v) is 12.1. The highest BCUT2D eigenvalue weighted by atomic mass is 16.5. The van der Waals surface area contributed by atoms with E-state index in [0.29, 0.717) is 17.1 Å². The maximum Gasteiger partial charge on any atom is 0.341 e. The number of nitrogens with zero attached hydrogens (tertiary/aromatic N) is 6. The summed E-state index contributed by atoms with van der Waals surface area (Å²) >= 11 is 0. The number of rotatable bonds is 9. The molecule has 0 aliphatic carbocycles. The van der Waals surface area contributed by atoms with Gasteiger partial charge < -0.3 is 9.64 Å². The molecule has 0 saturated heterocycles. The predicted octanol–water partition coefficient (Wildman–Crippen LogP) is 8.41. The Morgan fingerprint density at radius 1 is 0.700 bits per heavy atom. The van der Waals surface area contributed by atoms with Crippen LogP contribution in [-0.2, 0) is 10.3 Å². The van der Waals surface area contributed by atoms with E-state index >= 15 is 0 Å². The number of aromatic nitrogens is 5. The zero-order chi connectivity index (χ0) is 34.7. The van der Waals surface area contributed by atoms with E-state index in [9.17, 15) is 4.79 Å². The third-order valence-corrected chi connectivity index (χ3v) is 9.08. The molecule has 8 heteroatoms. The van der Waals surface area contributed by atoms with Crippen LogP contribution in [-0.4, -0.2) is 45.3 Å². The molecule has 0 N–H and O–H groups in total. The van der Waals surface area contributed by atoms with E-state index in [1.54, 1.807) is 4.80 Å². The van der Waals surface area contributed by atoms with Gasteiger partial charge in [-0.15, -0.1) is 15.0 Å². The molecule has 0 saturated carbocycles. The van der Waals surface area contributed by atoms with Crippen molar-refractivity contribution < 1.29 is 9.53 Å². The zero-order valence-corrected chi connectivity index (χ0v) is 28.4. The van der Waals surface area contributed by atoms with Gasteiger partial charge in [-0.2, -0.15) is 0 Å². The molecule has 7 rings (SSSR count). The minimum absolute atomic E-state index is 0.418. The van der Waals surface area contributed by atoms with Crippen LogP contribution in [0.5, 0.6) is 0 Å². The average Bonchev–Trinajstić information content (AvgIpc) is 3.66. The number of methoxy groups -OCH3 is 1. The van der Waals surface area contributed by atoms with Crippen molar-refractivity contribution in [1.29, 1.82) is 0 Å². The van der Waals surface area contributed by atoms with Gasteiger partial charge in [0.2, 0.25) is 5.82 Å². The van der Waals surface area contributed by atoms with Gasteiger partial charge >= 0.3 is 5.97 Å². The Kier molecular flexibility index (Phi) is 8.75. The first-order chi connectivity index (χ1) is 24.4. The SMILES string of the molecule is COC(=O)c1c(N(C)c2ccc(-c3ccccc3-c3nnn(C(c4ccccc4)(c4ccccc4)c4ccccc4)n3)cc2)cc(C)nc1C. The highest BCUT2D eigenvalue weighted by molar-refractivity contribution is 5.98. The number of carbonyl (C=O) groups excluding carboxylic acids is 1. The van der Waals surface area contributed by atoms with Crippen LogP contribution < -0.4 is 4.90 Å². The van der Waals surface area contributed by atoms with E-state index in [1.807, 2.05) is 117 Å². The average molecular weight is 657 g/mol. The van der Waals surface area contributed by atoms with Crippen molar-refractivity contribution >= 4 is 17.3 Å². The van der Waals surface area contributed by atoms with Crippen LogP contribution in [0.15, 0.2) is 146 Å². The fraction of sp³-hybridized carbons (Fsp3) is 0.119. The van der Waals surface area contributed by atoms with Crippen LogP contribution in [0.1, 0.15) is 38.4 Å². The third kappa shape index (κ3) is 5.71. The van der Waals surface area contributed by atoms with E-state index in [-0.39, 0.29) is 0 Å². The Bertz CT molecular complexity index is 2160. The highest BCUT2D eigenvalue weighted by Crippen LogP contribution is 2.41. The van der Waals surface area contributed by atoms with Gasteiger partial charge in [0.1, 0.15) is 5.56 Å². The van der Waals surface area contributed by atoms with Crippen LogP contribution >= 0.6 is 0 Å². The molecule has 0 unspecified atom stereocenters. The van der Waals surface area contributed by atoms with Crippen molar-refractivity contribution in [3.63, 3.8) is 0 Å². The van der Waals surface area contributed by atoms with Gasteiger partial charge in [-0.05, 0) is 65.1 Å². The number of aryl methyl sites for hydroxylation is 2. The number of hydrogen-bond acceptors (Lipinski definition) is 7. The van der Waals surface area contributed by atoms with Gasteiger partial charge in [0, 0.05) is 24.0 Å². The van der Waals surface area contributed by atoms with Crippen molar-refractivity contribution in [2.75, 3.05) is 19.1 Å². The van der Waals surface area contributed by atoms with Crippen LogP contribution in [0.3, 0.4) is 0 Å². The molecule has 2 aromatic heterocycles. The molecule has 5 aromatic carbocycles. The molecule has 0 atom stereocenters. The van der Waals surface area contributed by atoms with E-state index < -0.39 is 11.5 Å². The molecular formula is C42H36N6O2. The predicted molar refractivity (Wildman–Crippen MR) is 196 cm³/mol. The molecule has 0 radical (unpaired) electrons. The van der Waals surface area contributed by atoms with Crippen molar-refractivity contribution in [2.45, 2.75) is 19.4 Å². The highest BCUT2D eigenvalue weighted by Gasteiger charge is 2.41. The van der Waals surface area contributed by atoms with Crippen molar-refractivity contribution in [2.24, 2.45) is 0 Å². The molecule has 8 nitrogen and oxygen atoms in total. The lowest BCUT2D eigenvalue weighted by atomic mass is 9.77. The van der Waals surface area contributed by atoms with E-state index in [0.717, 1.165) is 50.4 Å². The molecule has 50 heavy (non-hydrogen) atoms. The number of tetrazole rings is 1. The number of benzene rings is 5. The summed E-state index contributed by atoms with van der Waals surface area (Å²) in [5.74, 6) is 0.0955. The number of esters is 1. The van der Waals surface area contributed by atoms with Crippen LogP contribution in [0.25, 0.3) is 22.5 Å². The molecule has 2 heterocycles. The lowest BCUT2D eigenvalue weighted by Gasteiger charge is -2.34. The Hall–Kier alpha value is -6.41. The smallest absolute Gasteiger partial charge is 0.341 e. The molecule has 0 aliphatic rings. The van der Waals surface area contributed by atoms with Crippen LogP contribution in [0.2, 0.25) is 0 Å². The van der Waals surface area contributed by atoms with E-state index in [1.165, 1.54) is 7.11 Å². The fourth-order valence-corrected chi connectivity index (χ4v) is 6.71. The molecular weight excluding hydrogens is 621 g/mol. The van der Waals surface area contributed by atoms with E-state index in [4.69, 9.17) is 20.1 Å². The number of carbonyl (C=O) groups is 1. The zero-order valence-electron chi connectivity index (χ0n) is 28.4. The molecule has 0 fully saturated rings. The van der Waals surface area contributed by atoms with Gasteiger partial charge in [0.25, 0.3) is 0 Å². The van der Waals surface area contributed by atoms with Gasteiger partial charge in [0.05, 0.1) is 18.5 Å². The quantitative estimate of drug-likeness (QED) is 0.114. The molecule has 0 amide bonds. The Morgan fingerprint density at radius 3 is 1.76 bits per heavy atom. The van der Waals surface area contributed by atoms with Crippen LogP contribution in [0.4, 0.5) is 11.4 Å². The summed E-state index contributed by atoms with van der Waals surface area (Å²) in [7, 11) is 3.32. The van der Waals surface area contributed by atoms with Gasteiger partial charge in [0.15, 0.2) is 5.54 Å². The largest absolute Gasteiger partial charge is 0.465 e. The summed E-state index contributed by atoms with van der Waals surface area (Å²) in [4.78, 5) is 20.9. The van der Waals surface area contributed by atoms with Gasteiger partial charge in [-0.25, -0.2) is 4.79 Å². The number of ether oxygens (including phenoxy) is 1. The van der Waals surface area contributed by atoms with Crippen molar-refractivity contribution in [3.05, 3.63) is 179 Å². The summed E-state index contributed by atoms with van der Waals surface area (Å²) in [6, 6.07) is 49.1. The summed E-state index contributed by atoms with van der Waals surface area (Å²) in [5.41, 5.74) is 8.53. The Morgan fingerprint density at radius 2 is 1.22 bits per heavy atom. The second kappa shape index (κ2) is 13.6. The third-order valence-electron chi connectivity index (χ3n) is 9.08. The minimum atomic E-state index is -0.872. The molecule has 0 bridgehead atoms. The summed E-state index contributed by atoms with van der Waals surface area (Å²) in [5, 5.41) is 14.6. The first-order valence-corrected chi connectivity index (χ1v) is 16.4. The molecule has 0 aliphatic heterocycles. The molecule has 246 valence electrons. The van der Waals surface area contributed by atoms with Crippen molar-refractivity contribution in [1.82, 2.24) is 25.2 Å². The Balaban J connectivity index is 1.30. The lowest BCUT2D eigenvalue weighted by molar-refractivity contribution is 0.0600. The summed E-state index contributed by atoms with van der Waals surface area (Å²) in [6.45, 7) is 3.74. The van der Waals surface area contributed by atoms with Gasteiger partial charge in [-0.1, -0.05) is 127 Å². The van der Waals surface area contributed by atoms with E-state index in [2.05, 4.69) is 59.6 Å². The van der Waals surface area contributed by atoms with Crippen molar-refractivity contribution in [3.8, 4) is 22.5 Å². The minimum Gasteiger partial charge on any atom is -0.465 e. The number of hydrogen-bond donors (Lipinski definition) is 0. The standard InChI is InChI=1S/C42H36N6O2/c1-29-28-38(39(30(2)43-29)41(49)50-4)47(3)35-26-24-31(25-27-35)36-22-14-15-23-37(36)40-44-46-48(45-40)42(32-16-8-5-9-17-32,33-18-10-6-11-19-33)34-20-12-7-13-21-34/h5-28H,1-4H3. The summed E-state index contributed by atoms with van der Waals surface area (Å²) < 4.78 is 5.09. The van der Waals surface area contributed by atoms with Gasteiger partial charge in [-0.3, -0.25) is 4.98 Å². The normalized spacial score (nSPS) is 11.3. The lowest BCUT2D eigenvalue weighted by Crippen LogP contribution is -2.39. The fourth-order valence-electron chi connectivity index (χ4n) is 6.71. The summed E-state index contributed by atoms with van der Waals surface area (Å²) in [6.07, 6.45) is 0. The molecule has 7 aromatic rings. The molecule has 0 spiro atoms. The Labute approximate surface area is 291 Å². The second-order valence-electron chi connectivity index (χ2n) is 12.1. The maximum absolute atomic E-state index is 12.7. The number of pyridine rings is 1. The van der Waals surface area contributed by atoms with Crippen LogP contribution in [0, 0.1) is 13.8 Å². The first-order valence-electron chi connectivity index (χ1n) is 16.4.